The van der Waals surface area contributed by atoms with Crippen LogP contribution in [0, 0.1) is 13.8 Å². The zero-order valence-electron chi connectivity index (χ0n) is 12.9. The van der Waals surface area contributed by atoms with E-state index in [0.29, 0.717) is 12.3 Å². The van der Waals surface area contributed by atoms with E-state index in [1.54, 1.807) is 22.7 Å². The smallest absolute Gasteiger partial charge is 0.237 e. The predicted molar refractivity (Wildman–Crippen MR) is 91.1 cm³/mol. The highest BCUT2D eigenvalue weighted by molar-refractivity contribution is 7.99. The minimum atomic E-state index is 0.0721. The van der Waals surface area contributed by atoms with Crippen LogP contribution in [0.4, 0.5) is 5.69 Å². The number of carbonyl (C=O) groups is 1. The van der Waals surface area contributed by atoms with Crippen molar-refractivity contribution in [3.8, 4) is 0 Å². The Morgan fingerprint density at radius 2 is 2.09 bits per heavy atom. The molecule has 0 spiro atoms. The second-order valence-corrected chi connectivity index (χ2v) is 5.91. The highest BCUT2D eigenvalue weighted by Gasteiger charge is 2.15. The van der Waals surface area contributed by atoms with Gasteiger partial charge in [0.05, 0.1) is 11.4 Å². The molecule has 0 unspecified atom stereocenters. The third-order valence-corrected chi connectivity index (χ3v) is 4.28. The van der Waals surface area contributed by atoms with Gasteiger partial charge in [-0.3, -0.25) is 4.79 Å². The number of para-hydroxylation sites is 1. The first-order valence-corrected chi connectivity index (χ1v) is 8.24. The number of carbonyl (C=O) groups excluding carboxylic acids is 1. The first-order chi connectivity index (χ1) is 10.6. The van der Waals surface area contributed by atoms with E-state index in [-0.39, 0.29) is 5.91 Å². The maximum absolute atomic E-state index is 12.5. The van der Waals surface area contributed by atoms with Gasteiger partial charge in [-0.1, -0.05) is 29.4 Å². The molecule has 1 aromatic heterocycles. The van der Waals surface area contributed by atoms with Crippen molar-refractivity contribution in [2.24, 2.45) is 0 Å². The lowest BCUT2D eigenvalue weighted by Gasteiger charge is -2.21. The maximum Gasteiger partial charge on any atom is 0.237 e. The third kappa shape index (κ3) is 4.01. The minimum absolute atomic E-state index is 0.0721. The Morgan fingerprint density at radius 3 is 2.68 bits per heavy atom. The third-order valence-electron chi connectivity index (χ3n) is 3.33. The number of hydrogen-bond acceptors (Lipinski definition) is 4. The fourth-order valence-electron chi connectivity index (χ4n) is 2.11. The molecule has 22 heavy (non-hydrogen) atoms. The summed E-state index contributed by atoms with van der Waals surface area (Å²) >= 11 is 1.57. The van der Waals surface area contributed by atoms with Gasteiger partial charge in [0, 0.05) is 23.5 Å². The van der Waals surface area contributed by atoms with Gasteiger partial charge < -0.3 is 9.42 Å². The Labute approximate surface area is 135 Å². The van der Waals surface area contributed by atoms with Gasteiger partial charge in [0.1, 0.15) is 5.76 Å². The number of anilines is 1. The first-order valence-electron chi connectivity index (χ1n) is 7.09. The summed E-state index contributed by atoms with van der Waals surface area (Å²) < 4.78 is 5.14. The number of thioether (sulfide) groups is 1. The lowest BCUT2D eigenvalue weighted by atomic mass is 10.2. The van der Waals surface area contributed by atoms with Gasteiger partial charge in [-0.15, -0.1) is 18.3 Å². The molecule has 5 heteroatoms. The fourth-order valence-corrected chi connectivity index (χ4v) is 3.16. The largest absolute Gasteiger partial charge is 0.361 e. The Kier molecular flexibility index (Phi) is 5.83. The molecule has 2 rings (SSSR count). The van der Waals surface area contributed by atoms with Gasteiger partial charge in [-0.25, -0.2) is 0 Å². The van der Waals surface area contributed by atoms with Crippen molar-refractivity contribution < 1.29 is 9.32 Å². The number of aryl methyl sites for hydroxylation is 2. The molecule has 0 atom stereocenters. The van der Waals surface area contributed by atoms with Crippen LogP contribution < -0.4 is 4.90 Å². The van der Waals surface area contributed by atoms with E-state index < -0.39 is 0 Å². The number of aromatic nitrogens is 1. The second-order valence-electron chi connectivity index (χ2n) is 4.92. The van der Waals surface area contributed by atoms with Crippen LogP contribution in [0.25, 0.3) is 0 Å². The monoisotopic (exact) mass is 316 g/mol. The Morgan fingerprint density at radius 1 is 1.36 bits per heavy atom. The summed E-state index contributed by atoms with van der Waals surface area (Å²) in [6.45, 7) is 8.05. The van der Waals surface area contributed by atoms with Gasteiger partial charge in [-0.05, 0) is 26.0 Å². The van der Waals surface area contributed by atoms with Crippen molar-refractivity contribution in [2.75, 3.05) is 17.2 Å². The summed E-state index contributed by atoms with van der Waals surface area (Å²) in [4.78, 5) is 14.2. The van der Waals surface area contributed by atoms with Gasteiger partial charge >= 0.3 is 0 Å². The molecule has 2 aromatic rings. The number of amides is 1. The molecule has 1 amide bonds. The SMILES string of the molecule is C=CCN(C(=O)CSCc1c(C)noc1C)c1ccccc1. The Balaban J connectivity index is 1.96. The van der Waals surface area contributed by atoms with E-state index in [1.165, 1.54) is 0 Å². The molecule has 1 aromatic carbocycles. The summed E-state index contributed by atoms with van der Waals surface area (Å²) in [5.41, 5.74) is 2.86. The van der Waals surface area contributed by atoms with Crippen molar-refractivity contribution in [3.63, 3.8) is 0 Å². The maximum atomic E-state index is 12.5. The molecular weight excluding hydrogens is 296 g/mol. The molecule has 0 N–H and O–H groups in total. The summed E-state index contributed by atoms with van der Waals surface area (Å²) in [7, 11) is 0. The van der Waals surface area contributed by atoms with Crippen LogP contribution in [-0.4, -0.2) is 23.4 Å². The molecule has 0 saturated heterocycles. The van der Waals surface area contributed by atoms with Crippen molar-refractivity contribution in [3.05, 3.63) is 60.0 Å². The van der Waals surface area contributed by atoms with Crippen LogP contribution in [0.3, 0.4) is 0 Å². The molecular formula is C17H20N2O2S. The summed E-state index contributed by atoms with van der Waals surface area (Å²) in [5, 5.41) is 3.93. The van der Waals surface area contributed by atoms with Crippen LogP contribution >= 0.6 is 11.8 Å². The van der Waals surface area contributed by atoms with E-state index in [9.17, 15) is 4.79 Å². The van der Waals surface area contributed by atoms with Crippen molar-refractivity contribution in [1.29, 1.82) is 0 Å². The zero-order valence-corrected chi connectivity index (χ0v) is 13.7. The van der Waals surface area contributed by atoms with Crippen molar-refractivity contribution in [1.82, 2.24) is 5.16 Å². The van der Waals surface area contributed by atoms with Gasteiger partial charge in [0.2, 0.25) is 5.91 Å². The molecule has 4 nitrogen and oxygen atoms in total. The molecule has 0 bridgehead atoms. The summed E-state index contributed by atoms with van der Waals surface area (Å²) in [5.74, 6) is 2.03. The van der Waals surface area contributed by atoms with Crippen molar-refractivity contribution in [2.45, 2.75) is 19.6 Å². The number of rotatable bonds is 7. The second kappa shape index (κ2) is 7.84. The van der Waals surface area contributed by atoms with Crippen LogP contribution in [0.15, 0.2) is 47.5 Å². The quantitative estimate of drug-likeness (QED) is 0.730. The lowest BCUT2D eigenvalue weighted by molar-refractivity contribution is -0.116. The summed E-state index contributed by atoms with van der Waals surface area (Å²) in [6, 6.07) is 9.65. The van der Waals surface area contributed by atoms with E-state index in [4.69, 9.17) is 4.52 Å². The van der Waals surface area contributed by atoms with E-state index in [2.05, 4.69) is 11.7 Å². The highest BCUT2D eigenvalue weighted by Crippen LogP contribution is 2.21. The van der Waals surface area contributed by atoms with Gasteiger partial charge in [0.15, 0.2) is 0 Å². The van der Waals surface area contributed by atoms with Gasteiger partial charge in [-0.2, -0.15) is 0 Å². The fraction of sp³-hybridized carbons (Fsp3) is 0.294. The lowest BCUT2D eigenvalue weighted by Crippen LogP contribution is -2.32. The predicted octanol–water partition coefficient (Wildman–Crippen LogP) is 3.74. The van der Waals surface area contributed by atoms with E-state index >= 15 is 0 Å². The average molecular weight is 316 g/mol. The minimum Gasteiger partial charge on any atom is -0.361 e. The standard InChI is InChI=1S/C17H20N2O2S/c1-4-10-19(15-8-6-5-7-9-15)17(20)12-22-11-16-13(2)18-21-14(16)3/h4-9H,1,10-12H2,2-3H3. The number of hydrogen-bond donors (Lipinski definition) is 0. The molecule has 0 radical (unpaired) electrons. The van der Waals surface area contributed by atoms with Crippen LogP contribution in [0.2, 0.25) is 0 Å². The van der Waals surface area contributed by atoms with Crippen LogP contribution in [0.1, 0.15) is 17.0 Å². The molecule has 116 valence electrons. The molecule has 0 fully saturated rings. The zero-order chi connectivity index (χ0) is 15.9. The Hall–Kier alpha value is -2.01. The summed E-state index contributed by atoms with van der Waals surface area (Å²) in [6.07, 6.45) is 1.74. The molecule has 0 aliphatic rings. The molecule has 0 aliphatic heterocycles. The average Bonchev–Trinajstić information content (AvgIpc) is 2.85. The van der Waals surface area contributed by atoms with E-state index in [0.717, 1.165) is 28.5 Å². The highest BCUT2D eigenvalue weighted by atomic mass is 32.2. The molecule has 1 heterocycles. The normalized spacial score (nSPS) is 10.5. The Bertz CT molecular complexity index is 618. The van der Waals surface area contributed by atoms with E-state index in [1.807, 2.05) is 44.2 Å². The van der Waals surface area contributed by atoms with Crippen LogP contribution in [-0.2, 0) is 10.5 Å². The molecule has 0 aliphatic carbocycles. The van der Waals surface area contributed by atoms with Crippen molar-refractivity contribution >= 4 is 23.4 Å². The van der Waals surface area contributed by atoms with Crippen LogP contribution in [0.5, 0.6) is 0 Å². The first kappa shape index (κ1) is 16.4. The molecule has 0 saturated carbocycles. The topological polar surface area (TPSA) is 46.3 Å². The number of nitrogens with zero attached hydrogens (tertiary/aromatic N) is 2. The van der Waals surface area contributed by atoms with Gasteiger partial charge in [0.25, 0.3) is 0 Å². The number of benzene rings is 1.